The molecule has 0 atom stereocenters. The molecule has 1 saturated heterocycles. The predicted octanol–water partition coefficient (Wildman–Crippen LogP) is 3.67. The zero-order valence-corrected chi connectivity index (χ0v) is 21.0. The van der Waals surface area contributed by atoms with E-state index in [2.05, 4.69) is 10.2 Å². The fourth-order valence-electron chi connectivity index (χ4n) is 4.19. The van der Waals surface area contributed by atoms with E-state index in [-0.39, 0.29) is 23.8 Å². The van der Waals surface area contributed by atoms with Crippen molar-refractivity contribution in [1.82, 2.24) is 10.2 Å². The molecule has 0 spiro atoms. The number of hydrogen-bond donors (Lipinski definition) is 1. The van der Waals surface area contributed by atoms with Crippen LogP contribution in [-0.4, -0.2) is 63.2 Å². The van der Waals surface area contributed by atoms with E-state index in [1.807, 2.05) is 48.5 Å². The maximum Gasteiger partial charge on any atom is 0.258 e. The van der Waals surface area contributed by atoms with Gasteiger partial charge >= 0.3 is 0 Å². The Morgan fingerprint density at radius 2 is 1.70 bits per heavy atom. The molecule has 8 heteroatoms. The molecule has 7 nitrogen and oxygen atoms in total. The Bertz CT molecular complexity index is 1180. The maximum absolute atomic E-state index is 13.8. The van der Waals surface area contributed by atoms with Crippen molar-refractivity contribution in [2.24, 2.45) is 0 Å². The summed E-state index contributed by atoms with van der Waals surface area (Å²) in [5, 5.41) is 2.97. The van der Waals surface area contributed by atoms with Gasteiger partial charge in [-0.2, -0.15) is 0 Å². The van der Waals surface area contributed by atoms with E-state index >= 15 is 0 Å². The Balaban J connectivity index is 1.43. The van der Waals surface area contributed by atoms with Gasteiger partial charge in [0.1, 0.15) is 11.6 Å². The van der Waals surface area contributed by atoms with Crippen molar-refractivity contribution < 1.29 is 23.5 Å². The first kappa shape index (κ1) is 26.3. The van der Waals surface area contributed by atoms with Crippen LogP contribution in [0.4, 0.5) is 10.1 Å². The Hall–Kier alpha value is -3.75. The van der Waals surface area contributed by atoms with Crippen molar-refractivity contribution in [2.75, 3.05) is 51.4 Å². The van der Waals surface area contributed by atoms with Crippen molar-refractivity contribution in [3.05, 3.63) is 95.3 Å². The molecule has 3 aromatic rings. The summed E-state index contributed by atoms with van der Waals surface area (Å²) in [6, 6.07) is 20.4. The SMILES string of the molecule is COc1ccc(CN(C(=O)c2cccc(F)c2)c2ccc(CC(=O)NCCN3CCOCC3)cc2)cc1. The quantitative estimate of drug-likeness (QED) is 0.455. The second kappa shape index (κ2) is 13.0. The first-order valence-electron chi connectivity index (χ1n) is 12.4. The molecule has 1 aliphatic heterocycles. The van der Waals surface area contributed by atoms with Crippen LogP contribution >= 0.6 is 0 Å². The number of amides is 2. The maximum atomic E-state index is 13.8. The number of morpholine rings is 1. The van der Waals surface area contributed by atoms with Crippen LogP contribution in [0.3, 0.4) is 0 Å². The zero-order valence-electron chi connectivity index (χ0n) is 21.0. The topological polar surface area (TPSA) is 71.1 Å². The van der Waals surface area contributed by atoms with Crippen molar-refractivity contribution in [1.29, 1.82) is 0 Å². The molecule has 1 aliphatic rings. The molecular formula is C29H32FN3O4. The third-order valence-electron chi connectivity index (χ3n) is 6.28. The van der Waals surface area contributed by atoms with Gasteiger partial charge < -0.3 is 19.7 Å². The lowest BCUT2D eigenvalue weighted by atomic mass is 10.1. The van der Waals surface area contributed by atoms with Gasteiger partial charge in [0.15, 0.2) is 0 Å². The molecule has 0 saturated carbocycles. The number of halogens is 1. The molecule has 194 valence electrons. The number of nitrogens with one attached hydrogen (secondary N) is 1. The number of nitrogens with zero attached hydrogens (tertiary/aromatic N) is 2. The molecule has 0 aromatic heterocycles. The van der Waals surface area contributed by atoms with Crippen LogP contribution in [0.2, 0.25) is 0 Å². The summed E-state index contributed by atoms with van der Waals surface area (Å²) in [5.41, 5.74) is 2.66. The monoisotopic (exact) mass is 505 g/mol. The van der Waals surface area contributed by atoms with Gasteiger partial charge in [-0.25, -0.2) is 4.39 Å². The first-order chi connectivity index (χ1) is 18.0. The zero-order chi connectivity index (χ0) is 26.0. The molecule has 37 heavy (non-hydrogen) atoms. The Morgan fingerprint density at radius 3 is 2.38 bits per heavy atom. The number of anilines is 1. The van der Waals surface area contributed by atoms with Crippen LogP contribution in [-0.2, 0) is 22.5 Å². The van der Waals surface area contributed by atoms with Crippen LogP contribution in [0.1, 0.15) is 21.5 Å². The molecule has 2 amide bonds. The van der Waals surface area contributed by atoms with E-state index in [0.29, 0.717) is 18.8 Å². The number of carbonyl (C=O) groups is 2. The van der Waals surface area contributed by atoms with Gasteiger partial charge in [0.2, 0.25) is 5.91 Å². The second-order valence-corrected chi connectivity index (χ2v) is 8.90. The van der Waals surface area contributed by atoms with E-state index in [4.69, 9.17) is 9.47 Å². The number of rotatable bonds is 10. The predicted molar refractivity (Wildman–Crippen MR) is 140 cm³/mol. The lowest BCUT2D eigenvalue weighted by molar-refractivity contribution is -0.120. The van der Waals surface area contributed by atoms with Crippen molar-refractivity contribution >= 4 is 17.5 Å². The highest BCUT2D eigenvalue weighted by Crippen LogP contribution is 2.23. The van der Waals surface area contributed by atoms with E-state index in [1.165, 1.54) is 18.2 Å². The third kappa shape index (κ3) is 7.62. The number of hydrogen-bond acceptors (Lipinski definition) is 5. The van der Waals surface area contributed by atoms with Crippen LogP contribution in [0.15, 0.2) is 72.8 Å². The summed E-state index contributed by atoms with van der Waals surface area (Å²) in [6.45, 7) is 4.93. The van der Waals surface area contributed by atoms with Gasteiger partial charge in [0.05, 0.1) is 33.3 Å². The Morgan fingerprint density at radius 1 is 1.00 bits per heavy atom. The van der Waals surface area contributed by atoms with Gasteiger partial charge in [-0.1, -0.05) is 30.3 Å². The van der Waals surface area contributed by atoms with Crippen molar-refractivity contribution in [2.45, 2.75) is 13.0 Å². The van der Waals surface area contributed by atoms with Crippen LogP contribution in [0.5, 0.6) is 5.75 Å². The fourth-order valence-corrected chi connectivity index (χ4v) is 4.19. The van der Waals surface area contributed by atoms with Crippen LogP contribution in [0.25, 0.3) is 0 Å². The highest BCUT2D eigenvalue weighted by molar-refractivity contribution is 6.06. The number of ether oxygens (including phenoxy) is 2. The van der Waals surface area contributed by atoms with Gasteiger partial charge in [-0.05, 0) is 53.6 Å². The number of carbonyl (C=O) groups excluding carboxylic acids is 2. The molecular weight excluding hydrogens is 473 g/mol. The lowest BCUT2D eigenvalue weighted by Crippen LogP contribution is -2.41. The van der Waals surface area contributed by atoms with Gasteiger partial charge in [-0.3, -0.25) is 14.5 Å². The second-order valence-electron chi connectivity index (χ2n) is 8.90. The van der Waals surface area contributed by atoms with E-state index < -0.39 is 5.82 Å². The summed E-state index contributed by atoms with van der Waals surface area (Å²) in [4.78, 5) is 29.7. The first-order valence-corrected chi connectivity index (χ1v) is 12.4. The number of benzene rings is 3. The molecule has 4 rings (SSSR count). The van der Waals surface area contributed by atoms with Gasteiger partial charge in [-0.15, -0.1) is 0 Å². The summed E-state index contributed by atoms with van der Waals surface area (Å²) in [5.74, 6) is -0.111. The molecule has 0 radical (unpaired) electrons. The largest absolute Gasteiger partial charge is 0.497 e. The van der Waals surface area contributed by atoms with Gasteiger partial charge in [0.25, 0.3) is 5.91 Å². The fraction of sp³-hybridized carbons (Fsp3) is 0.310. The van der Waals surface area contributed by atoms with Crippen LogP contribution < -0.4 is 15.0 Å². The number of methoxy groups -OCH3 is 1. The molecule has 0 aliphatic carbocycles. The molecule has 3 aromatic carbocycles. The van der Waals surface area contributed by atoms with E-state index in [9.17, 15) is 14.0 Å². The highest BCUT2D eigenvalue weighted by Gasteiger charge is 2.19. The summed E-state index contributed by atoms with van der Waals surface area (Å²) in [6.07, 6.45) is 0.250. The third-order valence-corrected chi connectivity index (χ3v) is 6.28. The molecule has 0 unspecified atom stereocenters. The highest BCUT2D eigenvalue weighted by atomic mass is 19.1. The summed E-state index contributed by atoms with van der Waals surface area (Å²) in [7, 11) is 1.60. The minimum atomic E-state index is -0.467. The summed E-state index contributed by atoms with van der Waals surface area (Å²) < 4.78 is 24.4. The Labute approximate surface area is 216 Å². The molecule has 1 heterocycles. The summed E-state index contributed by atoms with van der Waals surface area (Å²) >= 11 is 0. The van der Waals surface area contributed by atoms with Crippen LogP contribution in [0, 0.1) is 5.82 Å². The smallest absolute Gasteiger partial charge is 0.258 e. The normalized spacial score (nSPS) is 13.7. The average molecular weight is 506 g/mol. The van der Waals surface area contributed by atoms with Crippen molar-refractivity contribution in [3.63, 3.8) is 0 Å². The molecule has 1 fully saturated rings. The Kier molecular flexibility index (Phi) is 9.24. The minimum absolute atomic E-state index is 0.0491. The lowest BCUT2D eigenvalue weighted by Gasteiger charge is -2.26. The van der Waals surface area contributed by atoms with Gasteiger partial charge in [0, 0.05) is 37.4 Å². The van der Waals surface area contributed by atoms with Crippen molar-refractivity contribution in [3.8, 4) is 5.75 Å². The van der Waals surface area contributed by atoms with E-state index in [0.717, 1.165) is 49.7 Å². The minimum Gasteiger partial charge on any atom is -0.497 e. The standard InChI is InChI=1S/C29H32FN3O4/c1-36-27-11-7-23(8-12-27)21-33(29(35)24-3-2-4-25(30)20-24)26-9-5-22(6-10-26)19-28(34)31-13-14-32-15-17-37-18-16-32/h2-12,20H,13-19,21H2,1H3,(H,31,34). The average Bonchev–Trinajstić information content (AvgIpc) is 2.93. The van der Waals surface area contributed by atoms with E-state index in [1.54, 1.807) is 18.1 Å². The molecule has 1 N–H and O–H groups in total. The molecule has 0 bridgehead atoms.